The van der Waals surface area contributed by atoms with Gasteiger partial charge in [-0.15, -0.1) is 0 Å². The van der Waals surface area contributed by atoms with Crippen LogP contribution in [-0.2, 0) is 10.3 Å². The van der Waals surface area contributed by atoms with Crippen LogP contribution in [0.25, 0.3) is 0 Å². The van der Waals surface area contributed by atoms with Crippen molar-refractivity contribution in [1.29, 1.82) is 0 Å². The van der Waals surface area contributed by atoms with E-state index in [0.29, 0.717) is 13.1 Å². The molecule has 1 atom stereocenters. The highest BCUT2D eigenvalue weighted by atomic mass is 79.9. The summed E-state index contributed by atoms with van der Waals surface area (Å²) in [6, 6.07) is 3.83. The molecule has 0 radical (unpaired) electrons. The fraction of sp³-hybridized carbons (Fsp3) is 0.684. The molecule has 1 saturated heterocycles. The van der Waals surface area contributed by atoms with E-state index in [1.807, 2.05) is 32.9 Å². The predicted octanol–water partition coefficient (Wildman–Crippen LogP) is 4.23. The maximum Gasteiger partial charge on any atom is 0.410 e. The molecule has 2 heterocycles. The van der Waals surface area contributed by atoms with Crippen molar-refractivity contribution in [3.05, 3.63) is 28.5 Å². The summed E-state index contributed by atoms with van der Waals surface area (Å²) in [5.41, 5.74) is -0.466. The maximum atomic E-state index is 12.2. The number of rotatable bonds is 1. The van der Waals surface area contributed by atoms with E-state index in [9.17, 15) is 9.90 Å². The SMILES string of the molecule is CC(C)(C)OC(=O)N1CCC2(CC1)CCC(O)(c1ccc(Br)cn1)C2. The highest BCUT2D eigenvalue weighted by Gasteiger charge is 2.50. The van der Waals surface area contributed by atoms with Crippen LogP contribution >= 0.6 is 15.9 Å². The summed E-state index contributed by atoms with van der Waals surface area (Å²) in [6.07, 6.45) is 5.75. The molecule has 1 aromatic heterocycles. The molecule has 5 nitrogen and oxygen atoms in total. The van der Waals surface area contributed by atoms with Crippen LogP contribution in [0.1, 0.15) is 58.6 Å². The monoisotopic (exact) mass is 410 g/mol. The van der Waals surface area contributed by atoms with Crippen LogP contribution in [0.3, 0.4) is 0 Å². The lowest BCUT2D eigenvalue weighted by atomic mass is 9.75. The zero-order valence-corrected chi connectivity index (χ0v) is 16.8. The molecule has 0 aromatic carbocycles. The molecular formula is C19H27BrN2O3. The number of carbonyl (C=O) groups is 1. The highest BCUT2D eigenvalue weighted by Crippen LogP contribution is 2.54. The number of ether oxygens (including phenoxy) is 1. The highest BCUT2D eigenvalue weighted by molar-refractivity contribution is 9.10. The zero-order chi connectivity index (χ0) is 18.3. The number of amides is 1. The molecule has 2 aliphatic rings. The molecule has 1 N–H and O–H groups in total. The van der Waals surface area contributed by atoms with Crippen molar-refractivity contribution in [2.75, 3.05) is 13.1 Å². The molecule has 1 aliphatic heterocycles. The first-order valence-electron chi connectivity index (χ1n) is 8.93. The second-order valence-corrected chi connectivity index (χ2v) is 9.45. The van der Waals surface area contributed by atoms with Crippen LogP contribution in [0.4, 0.5) is 4.79 Å². The third-order valence-electron chi connectivity index (χ3n) is 5.42. The molecule has 0 bridgehead atoms. The van der Waals surface area contributed by atoms with Gasteiger partial charge >= 0.3 is 6.09 Å². The van der Waals surface area contributed by atoms with Gasteiger partial charge in [0.25, 0.3) is 0 Å². The summed E-state index contributed by atoms with van der Waals surface area (Å²) < 4.78 is 6.39. The molecule has 1 amide bonds. The Bertz CT molecular complexity index is 633. The van der Waals surface area contributed by atoms with Crippen molar-refractivity contribution in [3.63, 3.8) is 0 Å². The van der Waals surface area contributed by atoms with Gasteiger partial charge in [0.05, 0.1) is 5.69 Å². The maximum absolute atomic E-state index is 12.2. The Labute approximate surface area is 157 Å². The van der Waals surface area contributed by atoms with Gasteiger partial charge in [-0.1, -0.05) is 0 Å². The summed E-state index contributed by atoms with van der Waals surface area (Å²) in [4.78, 5) is 18.4. The van der Waals surface area contributed by atoms with Crippen molar-refractivity contribution >= 4 is 22.0 Å². The van der Waals surface area contributed by atoms with E-state index in [0.717, 1.165) is 42.3 Å². The quantitative estimate of drug-likeness (QED) is 0.751. The average Bonchev–Trinajstić information content (AvgIpc) is 2.85. The first kappa shape index (κ1) is 18.6. The lowest BCUT2D eigenvalue weighted by Gasteiger charge is -2.40. The number of hydrogen-bond donors (Lipinski definition) is 1. The number of nitrogens with zero attached hydrogens (tertiary/aromatic N) is 2. The molecule has 1 unspecified atom stereocenters. The summed E-state index contributed by atoms with van der Waals surface area (Å²) in [7, 11) is 0. The van der Waals surface area contributed by atoms with E-state index in [1.165, 1.54) is 0 Å². The predicted molar refractivity (Wildman–Crippen MR) is 99.2 cm³/mol. The number of likely N-dealkylation sites (tertiary alicyclic amines) is 1. The van der Waals surface area contributed by atoms with E-state index < -0.39 is 11.2 Å². The van der Waals surface area contributed by atoms with E-state index in [-0.39, 0.29) is 11.5 Å². The van der Waals surface area contributed by atoms with Gasteiger partial charge in [-0.25, -0.2) is 4.79 Å². The number of aromatic nitrogens is 1. The second-order valence-electron chi connectivity index (χ2n) is 8.54. The van der Waals surface area contributed by atoms with Gasteiger partial charge in [-0.05, 0) is 86.4 Å². The van der Waals surface area contributed by atoms with Crippen LogP contribution in [0.2, 0.25) is 0 Å². The zero-order valence-electron chi connectivity index (χ0n) is 15.2. The smallest absolute Gasteiger partial charge is 0.410 e. The van der Waals surface area contributed by atoms with Gasteiger partial charge in [0.1, 0.15) is 11.2 Å². The first-order chi connectivity index (χ1) is 11.6. The number of carbonyl (C=O) groups excluding carboxylic acids is 1. The Morgan fingerprint density at radius 1 is 1.24 bits per heavy atom. The minimum Gasteiger partial charge on any atom is -0.444 e. The number of aliphatic hydroxyl groups is 1. The third kappa shape index (κ3) is 4.17. The van der Waals surface area contributed by atoms with Crippen molar-refractivity contribution in [3.8, 4) is 0 Å². The molecule has 1 aliphatic carbocycles. The molecular weight excluding hydrogens is 384 g/mol. The Hall–Kier alpha value is -1.14. The van der Waals surface area contributed by atoms with Gasteiger partial charge in [0.15, 0.2) is 0 Å². The lowest BCUT2D eigenvalue weighted by Crippen LogP contribution is -2.45. The van der Waals surface area contributed by atoms with E-state index in [1.54, 1.807) is 11.1 Å². The van der Waals surface area contributed by atoms with Crippen LogP contribution in [0.5, 0.6) is 0 Å². The van der Waals surface area contributed by atoms with Gasteiger partial charge in [-0.3, -0.25) is 4.98 Å². The molecule has 1 saturated carbocycles. The molecule has 3 rings (SSSR count). The lowest BCUT2D eigenvalue weighted by molar-refractivity contribution is -0.00243. The largest absolute Gasteiger partial charge is 0.444 e. The topological polar surface area (TPSA) is 62.7 Å². The summed E-state index contributed by atoms with van der Waals surface area (Å²) in [5.74, 6) is 0. The Kier molecular flexibility index (Phi) is 4.88. The Morgan fingerprint density at radius 3 is 2.48 bits per heavy atom. The molecule has 25 heavy (non-hydrogen) atoms. The second kappa shape index (κ2) is 6.54. The number of piperidine rings is 1. The molecule has 1 aromatic rings. The van der Waals surface area contributed by atoms with Crippen molar-refractivity contribution in [2.45, 2.75) is 64.1 Å². The van der Waals surface area contributed by atoms with E-state index >= 15 is 0 Å². The number of pyridine rings is 1. The Morgan fingerprint density at radius 2 is 1.92 bits per heavy atom. The Balaban J connectivity index is 1.63. The minimum atomic E-state index is -0.852. The molecule has 6 heteroatoms. The molecule has 2 fully saturated rings. The average molecular weight is 411 g/mol. The van der Waals surface area contributed by atoms with Crippen molar-refractivity contribution in [1.82, 2.24) is 9.88 Å². The first-order valence-corrected chi connectivity index (χ1v) is 9.73. The number of halogens is 1. The molecule has 138 valence electrons. The van der Waals surface area contributed by atoms with Crippen LogP contribution < -0.4 is 0 Å². The van der Waals surface area contributed by atoms with E-state index in [2.05, 4.69) is 20.9 Å². The summed E-state index contributed by atoms with van der Waals surface area (Å²) in [6.45, 7) is 7.05. The van der Waals surface area contributed by atoms with Crippen LogP contribution in [0.15, 0.2) is 22.8 Å². The third-order valence-corrected chi connectivity index (χ3v) is 5.89. The van der Waals surface area contributed by atoms with Gasteiger partial charge in [-0.2, -0.15) is 0 Å². The minimum absolute atomic E-state index is 0.0992. The van der Waals surface area contributed by atoms with Crippen molar-refractivity contribution < 1.29 is 14.6 Å². The molecule has 1 spiro atoms. The van der Waals surface area contributed by atoms with Crippen molar-refractivity contribution in [2.24, 2.45) is 5.41 Å². The summed E-state index contributed by atoms with van der Waals surface area (Å²) in [5, 5.41) is 11.1. The fourth-order valence-electron chi connectivity index (χ4n) is 4.06. The number of hydrogen-bond acceptors (Lipinski definition) is 4. The van der Waals surface area contributed by atoms with Crippen LogP contribution in [0, 0.1) is 5.41 Å². The van der Waals surface area contributed by atoms with Gasteiger partial charge in [0.2, 0.25) is 0 Å². The van der Waals surface area contributed by atoms with E-state index in [4.69, 9.17) is 4.74 Å². The van der Waals surface area contributed by atoms with Gasteiger partial charge in [0, 0.05) is 23.8 Å². The standard InChI is InChI=1S/C19H27BrN2O3/c1-17(2,3)25-16(23)22-10-8-18(9-11-22)6-7-19(24,13-18)15-5-4-14(20)12-21-15/h4-5,12,24H,6-11,13H2,1-3H3. The fourth-order valence-corrected chi connectivity index (χ4v) is 4.29. The summed E-state index contributed by atoms with van der Waals surface area (Å²) >= 11 is 3.39. The van der Waals surface area contributed by atoms with Gasteiger partial charge < -0.3 is 14.7 Å². The van der Waals surface area contributed by atoms with Crippen LogP contribution in [-0.4, -0.2) is 39.8 Å². The normalized spacial score (nSPS) is 26.0.